The predicted octanol–water partition coefficient (Wildman–Crippen LogP) is 3.12. The highest BCUT2D eigenvalue weighted by atomic mass is 35.5. The van der Waals surface area contributed by atoms with E-state index in [1.165, 1.54) is 12.1 Å². The zero-order valence-electron chi connectivity index (χ0n) is 14.3. The van der Waals surface area contributed by atoms with Gasteiger partial charge in [0.15, 0.2) is 5.82 Å². The quantitative estimate of drug-likeness (QED) is 0.331. The number of aliphatic imine (C=N–C) groups is 1. The summed E-state index contributed by atoms with van der Waals surface area (Å²) in [4.78, 5) is 26.5. The Morgan fingerprint density at radius 1 is 1.36 bits per heavy atom. The molecule has 0 atom stereocenters. The molecule has 0 aliphatic rings. The van der Waals surface area contributed by atoms with Crippen LogP contribution in [0.1, 0.15) is 27.2 Å². The van der Waals surface area contributed by atoms with Gasteiger partial charge in [-0.3, -0.25) is 20.0 Å². The molecule has 0 unspecified atom stereocenters. The Hall–Kier alpha value is -3.72. The molecule has 9 nitrogen and oxygen atoms in total. The molecular formula is C18H14ClN5O4. The van der Waals surface area contributed by atoms with Crippen LogP contribution >= 0.6 is 11.6 Å². The average molecular weight is 400 g/mol. The highest BCUT2D eigenvalue weighted by Crippen LogP contribution is 2.26. The van der Waals surface area contributed by atoms with Crippen molar-refractivity contribution in [3.05, 3.63) is 80.0 Å². The molecule has 0 bridgehead atoms. The third-order valence-corrected chi connectivity index (χ3v) is 4.30. The summed E-state index contributed by atoms with van der Waals surface area (Å²) in [6, 6.07) is 10.6. The summed E-state index contributed by atoms with van der Waals surface area (Å²) in [7, 11) is 0. The average Bonchev–Trinajstić information content (AvgIpc) is 3.04. The Bertz CT molecular complexity index is 1090. The molecule has 0 radical (unpaired) electrons. The lowest BCUT2D eigenvalue weighted by molar-refractivity contribution is -0.385. The van der Waals surface area contributed by atoms with Gasteiger partial charge in [-0.15, -0.1) is 0 Å². The number of nitrogens with one attached hydrogen (secondary N) is 1. The van der Waals surface area contributed by atoms with E-state index in [1.807, 2.05) is 6.07 Å². The Kier molecular flexibility index (Phi) is 5.37. The molecule has 142 valence electrons. The second-order valence-corrected chi connectivity index (χ2v) is 6.20. The van der Waals surface area contributed by atoms with Crippen LogP contribution in [-0.4, -0.2) is 32.3 Å². The van der Waals surface area contributed by atoms with Crippen LogP contribution in [0.15, 0.2) is 47.5 Å². The minimum atomic E-state index is -0.756. The summed E-state index contributed by atoms with van der Waals surface area (Å²) in [5.41, 5.74) is 6.49. The van der Waals surface area contributed by atoms with Crippen molar-refractivity contribution in [2.75, 3.05) is 0 Å². The number of amides is 1. The Balaban J connectivity index is 1.98. The highest BCUT2D eigenvalue weighted by Gasteiger charge is 2.19. The van der Waals surface area contributed by atoms with Crippen molar-refractivity contribution in [2.45, 2.75) is 6.42 Å². The van der Waals surface area contributed by atoms with Crippen molar-refractivity contribution in [2.24, 2.45) is 10.7 Å². The number of phenols is 1. The smallest absolute Gasteiger partial charge is 0.278 e. The Labute approximate surface area is 163 Å². The van der Waals surface area contributed by atoms with Gasteiger partial charge < -0.3 is 10.8 Å². The minimum Gasteiger partial charge on any atom is -0.508 e. The van der Waals surface area contributed by atoms with Gasteiger partial charge in [0.25, 0.3) is 11.6 Å². The fourth-order valence-electron chi connectivity index (χ4n) is 2.62. The van der Waals surface area contributed by atoms with Crippen molar-refractivity contribution in [3.8, 4) is 5.75 Å². The number of carbonyl (C=O) groups excluding carboxylic acids is 1. The number of nitro benzene ring substituents is 1. The molecule has 0 aliphatic heterocycles. The summed E-state index contributed by atoms with van der Waals surface area (Å²) in [5, 5.41) is 27.9. The maximum Gasteiger partial charge on any atom is 0.278 e. The summed E-state index contributed by atoms with van der Waals surface area (Å²) in [6.45, 7) is 0. The van der Waals surface area contributed by atoms with Gasteiger partial charge in [-0.1, -0.05) is 29.8 Å². The maximum atomic E-state index is 11.9. The van der Waals surface area contributed by atoms with Gasteiger partial charge >= 0.3 is 0 Å². The van der Waals surface area contributed by atoms with Crippen LogP contribution in [-0.2, 0) is 6.42 Å². The van der Waals surface area contributed by atoms with Gasteiger partial charge in [0.05, 0.1) is 16.2 Å². The molecular weight excluding hydrogens is 386 g/mol. The molecule has 28 heavy (non-hydrogen) atoms. The van der Waals surface area contributed by atoms with Crippen LogP contribution in [0.5, 0.6) is 5.75 Å². The number of nitrogens with two attached hydrogens (primary N) is 1. The number of primary amides is 1. The van der Waals surface area contributed by atoms with E-state index in [1.54, 1.807) is 18.2 Å². The zero-order valence-corrected chi connectivity index (χ0v) is 15.1. The molecule has 0 spiro atoms. The molecule has 2 aromatic carbocycles. The molecule has 0 fully saturated rings. The van der Waals surface area contributed by atoms with Crippen LogP contribution in [0.3, 0.4) is 0 Å². The number of hydrogen-bond donors (Lipinski definition) is 3. The molecule has 10 heteroatoms. The number of H-pyrrole nitrogens is 1. The van der Waals surface area contributed by atoms with E-state index in [0.717, 1.165) is 17.8 Å². The molecule has 3 rings (SSSR count). The number of benzene rings is 2. The molecule has 1 heterocycles. The van der Waals surface area contributed by atoms with Crippen LogP contribution in [0, 0.1) is 10.1 Å². The minimum absolute atomic E-state index is 0.0211. The van der Waals surface area contributed by atoms with Crippen LogP contribution in [0.25, 0.3) is 0 Å². The first-order chi connectivity index (χ1) is 13.4. The predicted molar refractivity (Wildman–Crippen MR) is 103 cm³/mol. The molecule has 4 N–H and O–H groups in total. The number of aromatic amines is 1. The molecule has 1 amide bonds. The lowest BCUT2D eigenvalue weighted by Crippen LogP contribution is -2.13. The van der Waals surface area contributed by atoms with Crippen molar-refractivity contribution >= 4 is 35.2 Å². The standard InChI is InChI=1S/C18H14ClN5O4/c19-13-4-2-1-3-10(13)8-14-16(17(20)26)18(23-22-14)21-9-11-7-12(25)5-6-15(11)24(27)28/h1-7,9,25H,8H2,(H2,20,26)(H,22,23). The number of carbonyl (C=O) groups is 1. The summed E-state index contributed by atoms with van der Waals surface area (Å²) < 4.78 is 0. The van der Waals surface area contributed by atoms with E-state index < -0.39 is 10.8 Å². The van der Waals surface area contributed by atoms with Gasteiger partial charge in [-0.25, -0.2) is 4.99 Å². The largest absolute Gasteiger partial charge is 0.508 e. The number of phenolic OH excluding ortho intramolecular Hbond substituents is 1. The van der Waals surface area contributed by atoms with E-state index in [0.29, 0.717) is 10.7 Å². The number of nitro groups is 1. The van der Waals surface area contributed by atoms with Gasteiger partial charge in [0, 0.05) is 23.7 Å². The van der Waals surface area contributed by atoms with Gasteiger partial charge in [-0.05, 0) is 23.8 Å². The van der Waals surface area contributed by atoms with E-state index in [-0.39, 0.29) is 34.8 Å². The van der Waals surface area contributed by atoms with Gasteiger partial charge in [0.1, 0.15) is 11.3 Å². The second kappa shape index (κ2) is 7.89. The molecule has 3 aromatic rings. The van der Waals surface area contributed by atoms with Gasteiger partial charge in [-0.2, -0.15) is 5.10 Å². The number of aromatic nitrogens is 2. The fourth-order valence-corrected chi connectivity index (χ4v) is 2.82. The summed E-state index contributed by atoms with van der Waals surface area (Å²) >= 11 is 6.15. The summed E-state index contributed by atoms with van der Waals surface area (Å²) in [5.74, 6) is -0.941. The fraction of sp³-hybridized carbons (Fsp3) is 0.0556. The first-order valence-electron chi connectivity index (χ1n) is 7.98. The van der Waals surface area contributed by atoms with Crippen molar-refractivity contribution in [1.29, 1.82) is 0 Å². The highest BCUT2D eigenvalue weighted by molar-refractivity contribution is 6.31. The number of rotatable bonds is 6. The molecule has 0 aliphatic carbocycles. The van der Waals surface area contributed by atoms with E-state index in [2.05, 4.69) is 15.2 Å². The lowest BCUT2D eigenvalue weighted by Gasteiger charge is -2.03. The number of hydrogen-bond acceptors (Lipinski definition) is 6. The topological polar surface area (TPSA) is 148 Å². The number of nitrogens with zero attached hydrogens (tertiary/aromatic N) is 3. The first kappa shape index (κ1) is 19.1. The van der Waals surface area contributed by atoms with Crippen molar-refractivity contribution in [3.63, 3.8) is 0 Å². The molecule has 1 aromatic heterocycles. The number of aromatic hydroxyl groups is 1. The number of halogens is 1. The third-order valence-electron chi connectivity index (χ3n) is 3.93. The summed E-state index contributed by atoms with van der Waals surface area (Å²) in [6.07, 6.45) is 1.41. The van der Waals surface area contributed by atoms with Crippen LogP contribution in [0.2, 0.25) is 5.02 Å². The maximum absolute atomic E-state index is 11.9. The van der Waals surface area contributed by atoms with E-state index >= 15 is 0 Å². The normalized spacial score (nSPS) is 11.0. The lowest BCUT2D eigenvalue weighted by atomic mass is 10.1. The Morgan fingerprint density at radius 3 is 2.79 bits per heavy atom. The van der Waals surface area contributed by atoms with Crippen LogP contribution in [0.4, 0.5) is 11.5 Å². The van der Waals surface area contributed by atoms with Crippen molar-refractivity contribution in [1.82, 2.24) is 10.2 Å². The van der Waals surface area contributed by atoms with Crippen molar-refractivity contribution < 1.29 is 14.8 Å². The Morgan fingerprint density at radius 2 is 2.11 bits per heavy atom. The third kappa shape index (κ3) is 3.99. The zero-order chi connectivity index (χ0) is 20.3. The van der Waals surface area contributed by atoms with Gasteiger partial charge in [0.2, 0.25) is 0 Å². The van der Waals surface area contributed by atoms with Crippen LogP contribution < -0.4 is 5.73 Å². The van der Waals surface area contributed by atoms with E-state index in [4.69, 9.17) is 17.3 Å². The second-order valence-electron chi connectivity index (χ2n) is 5.79. The first-order valence-corrected chi connectivity index (χ1v) is 8.36. The monoisotopic (exact) mass is 399 g/mol. The molecule has 0 saturated carbocycles. The van der Waals surface area contributed by atoms with E-state index in [9.17, 15) is 20.0 Å². The SMILES string of the molecule is NC(=O)c1c(N=Cc2cc(O)ccc2[N+](=O)[O-])n[nH]c1Cc1ccccc1Cl. The molecule has 0 saturated heterocycles.